The van der Waals surface area contributed by atoms with Crippen molar-refractivity contribution in [1.29, 1.82) is 0 Å². The van der Waals surface area contributed by atoms with E-state index in [1.165, 1.54) is 31.3 Å². The van der Waals surface area contributed by atoms with E-state index in [-0.39, 0.29) is 57.7 Å². The largest absolute Gasteiger partial charge is 0.445 e. The van der Waals surface area contributed by atoms with Crippen molar-refractivity contribution in [2.75, 3.05) is 0 Å². The van der Waals surface area contributed by atoms with Crippen molar-refractivity contribution in [3.8, 4) is 0 Å². The Morgan fingerprint density at radius 2 is 1.29 bits per heavy atom. The lowest BCUT2D eigenvalue weighted by atomic mass is 9.81. The number of carbonyl (C=O) groups excluding carboxylic acids is 2. The standard InChI is InChI=1S/C43H79NO5Si2/c1-18-19-22-31(3)39(47-41(44)46)35(7)40(49-51(16,17)43(11,12)13)34(6)28-30(2)27-33(5)38(48-50(14,15)42(8,9)10)32(4)25-26-37(45)29-36-23-20-21-24-36/h18-19,22,25-27,31-36,38-40H,1,20-21,23-24,28-29H2,2-17H3,(H2,44,46)/b22-19-,26-25-,30-27-/t31-,32-,33-,34-,35+,38-,39-,40+/m0/s1. The number of rotatable bonds is 20. The van der Waals surface area contributed by atoms with Crippen molar-refractivity contribution in [2.45, 2.75) is 176 Å². The van der Waals surface area contributed by atoms with Crippen LogP contribution in [0.15, 0.2) is 48.6 Å². The molecule has 1 amide bonds. The van der Waals surface area contributed by atoms with Gasteiger partial charge in [-0.3, -0.25) is 4.79 Å². The summed E-state index contributed by atoms with van der Waals surface area (Å²) in [7, 11) is -4.32. The number of ketones is 1. The molecule has 0 saturated heterocycles. The van der Waals surface area contributed by atoms with E-state index >= 15 is 0 Å². The van der Waals surface area contributed by atoms with E-state index < -0.39 is 28.8 Å². The molecule has 294 valence electrons. The van der Waals surface area contributed by atoms with Crippen LogP contribution < -0.4 is 5.73 Å². The van der Waals surface area contributed by atoms with Crippen molar-refractivity contribution in [1.82, 2.24) is 0 Å². The lowest BCUT2D eigenvalue weighted by Crippen LogP contribution is -2.50. The van der Waals surface area contributed by atoms with Crippen molar-refractivity contribution in [3.05, 3.63) is 48.6 Å². The number of ether oxygens (including phenoxy) is 1. The maximum absolute atomic E-state index is 12.9. The van der Waals surface area contributed by atoms with Crippen LogP contribution >= 0.6 is 0 Å². The normalized spacial score (nSPS) is 20.5. The van der Waals surface area contributed by atoms with Crippen LogP contribution in [-0.4, -0.2) is 46.8 Å². The molecule has 8 atom stereocenters. The SMILES string of the molecule is C=C/C=C\[C@H](C)[C@H](OC(N)=O)[C@@H](C)[C@H](O[Si](C)(C)C(C)(C)C)[C@@H](C)C/C(C)=C\[C@H](C)[C@@H](O[Si](C)(C)C(C)(C)C)[C@@H](C)/C=C\C(=O)CC1CCCC1. The molecule has 51 heavy (non-hydrogen) atoms. The number of amides is 1. The monoisotopic (exact) mass is 746 g/mol. The molecule has 1 saturated carbocycles. The van der Waals surface area contributed by atoms with Crippen LogP contribution in [0.25, 0.3) is 0 Å². The second-order valence-electron chi connectivity index (χ2n) is 19.0. The van der Waals surface area contributed by atoms with Gasteiger partial charge in [-0.15, -0.1) is 0 Å². The van der Waals surface area contributed by atoms with Crippen molar-refractivity contribution in [3.63, 3.8) is 0 Å². The van der Waals surface area contributed by atoms with E-state index in [0.29, 0.717) is 12.3 Å². The Kier molecular flexibility index (Phi) is 18.6. The number of carbonyl (C=O) groups is 2. The summed E-state index contributed by atoms with van der Waals surface area (Å²) >= 11 is 0. The molecule has 0 aromatic heterocycles. The molecule has 0 aromatic rings. The minimum Gasteiger partial charge on any atom is -0.445 e. The number of hydrogen-bond donors (Lipinski definition) is 1. The first-order valence-corrected chi connectivity index (χ1v) is 25.5. The van der Waals surface area contributed by atoms with E-state index in [1.54, 1.807) is 6.08 Å². The summed E-state index contributed by atoms with van der Waals surface area (Å²) in [5.41, 5.74) is 6.90. The Balaban J connectivity index is 3.47. The molecule has 0 aromatic carbocycles. The molecule has 2 N–H and O–H groups in total. The Morgan fingerprint density at radius 3 is 1.76 bits per heavy atom. The second-order valence-corrected chi connectivity index (χ2v) is 28.5. The van der Waals surface area contributed by atoms with Gasteiger partial charge in [-0.1, -0.05) is 144 Å². The molecule has 1 fully saturated rings. The fraction of sp³-hybridized carbons (Fsp3) is 0.767. The van der Waals surface area contributed by atoms with Crippen LogP contribution in [0.3, 0.4) is 0 Å². The topological polar surface area (TPSA) is 87.8 Å². The van der Waals surface area contributed by atoms with Gasteiger partial charge in [0.25, 0.3) is 0 Å². The molecule has 0 radical (unpaired) electrons. The predicted octanol–water partition coefficient (Wildman–Crippen LogP) is 12.2. The summed E-state index contributed by atoms with van der Waals surface area (Å²) in [6, 6.07) is 0. The van der Waals surface area contributed by atoms with E-state index in [1.807, 2.05) is 25.2 Å². The summed E-state index contributed by atoms with van der Waals surface area (Å²) in [6.45, 7) is 39.7. The van der Waals surface area contributed by atoms with E-state index in [0.717, 1.165) is 6.42 Å². The van der Waals surface area contributed by atoms with Gasteiger partial charge in [-0.05, 0) is 79.4 Å². The van der Waals surface area contributed by atoms with Crippen LogP contribution in [0, 0.1) is 35.5 Å². The van der Waals surface area contributed by atoms with E-state index in [4.69, 9.17) is 19.3 Å². The zero-order valence-electron chi connectivity index (χ0n) is 35.7. The van der Waals surface area contributed by atoms with Gasteiger partial charge >= 0.3 is 6.09 Å². The van der Waals surface area contributed by atoms with Gasteiger partial charge in [-0.2, -0.15) is 0 Å². The molecule has 0 spiro atoms. The fourth-order valence-electron chi connectivity index (χ4n) is 7.02. The lowest BCUT2D eigenvalue weighted by molar-refractivity contribution is -0.115. The lowest BCUT2D eigenvalue weighted by Gasteiger charge is -2.45. The molecule has 1 rings (SSSR count). The maximum atomic E-state index is 12.9. The quantitative estimate of drug-likeness (QED) is 0.0580. The third-order valence-corrected chi connectivity index (χ3v) is 21.1. The second kappa shape index (κ2) is 20.1. The van der Waals surface area contributed by atoms with Crippen molar-refractivity contribution < 1.29 is 23.2 Å². The van der Waals surface area contributed by atoms with Crippen molar-refractivity contribution >= 4 is 28.5 Å². The fourth-order valence-corrected chi connectivity index (χ4v) is 9.96. The van der Waals surface area contributed by atoms with Gasteiger partial charge in [0.15, 0.2) is 22.4 Å². The van der Waals surface area contributed by atoms with Gasteiger partial charge in [0, 0.05) is 18.3 Å². The molecule has 0 heterocycles. The summed E-state index contributed by atoms with van der Waals surface area (Å²) in [5.74, 6) is 0.934. The van der Waals surface area contributed by atoms with Gasteiger partial charge in [0.1, 0.15) is 6.10 Å². The smallest absolute Gasteiger partial charge is 0.404 e. The predicted molar refractivity (Wildman–Crippen MR) is 223 cm³/mol. The third-order valence-electron chi connectivity index (χ3n) is 12.2. The Labute approximate surface area is 316 Å². The van der Waals surface area contributed by atoms with Gasteiger partial charge in [-0.25, -0.2) is 4.79 Å². The molecule has 0 bridgehead atoms. The Hall–Kier alpha value is -1.75. The zero-order valence-corrected chi connectivity index (χ0v) is 37.7. The van der Waals surface area contributed by atoms with Crippen LogP contribution in [0.1, 0.15) is 122 Å². The summed E-state index contributed by atoms with van der Waals surface area (Å²) in [4.78, 5) is 25.1. The third kappa shape index (κ3) is 15.3. The first-order valence-electron chi connectivity index (χ1n) is 19.7. The van der Waals surface area contributed by atoms with Crippen LogP contribution in [0.4, 0.5) is 4.79 Å². The molecule has 6 nitrogen and oxygen atoms in total. The summed E-state index contributed by atoms with van der Waals surface area (Å²) in [5, 5.41) is 0.0703. The van der Waals surface area contributed by atoms with Gasteiger partial charge in [0.2, 0.25) is 0 Å². The zero-order chi connectivity index (χ0) is 39.5. The minimum atomic E-state index is -2.21. The van der Waals surface area contributed by atoms with Crippen LogP contribution in [0.2, 0.25) is 36.3 Å². The number of hydrogen-bond acceptors (Lipinski definition) is 5. The van der Waals surface area contributed by atoms with Gasteiger partial charge in [0.05, 0.1) is 12.2 Å². The highest BCUT2D eigenvalue weighted by molar-refractivity contribution is 6.74. The summed E-state index contributed by atoms with van der Waals surface area (Å²) in [6.07, 6.45) is 16.8. The molecule has 1 aliphatic rings. The number of nitrogens with two attached hydrogens (primary N) is 1. The highest BCUT2D eigenvalue weighted by Crippen LogP contribution is 2.42. The molecular weight excluding hydrogens is 667 g/mol. The van der Waals surface area contributed by atoms with E-state index in [9.17, 15) is 9.59 Å². The van der Waals surface area contributed by atoms with Crippen LogP contribution in [-0.2, 0) is 18.4 Å². The first kappa shape index (κ1) is 47.3. The van der Waals surface area contributed by atoms with E-state index in [2.05, 4.69) is 121 Å². The first-order chi connectivity index (χ1) is 23.2. The van der Waals surface area contributed by atoms with Crippen LogP contribution in [0.5, 0.6) is 0 Å². The average molecular weight is 746 g/mol. The number of primary amides is 1. The maximum Gasteiger partial charge on any atom is 0.404 e. The minimum absolute atomic E-state index is 0.00886. The van der Waals surface area contributed by atoms with Crippen molar-refractivity contribution in [2.24, 2.45) is 41.2 Å². The molecular formula is C43H79NO5Si2. The van der Waals surface area contributed by atoms with Gasteiger partial charge < -0.3 is 19.3 Å². The Morgan fingerprint density at radius 1 is 0.804 bits per heavy atom. The molecule has 0 aliphatic heterocycles. The Bertz CT molecular complexity index is 1200. The highest BCUT2D eigenvalue weighted by atomic mass is 28.4. The molecule has 1 aliphatic carbocycles. The highest BCUT2D eigenvalue weighted by Gasteiger charge is 2.44. The average Bonchev–Trinajstić information content (AvgIpc) is 3.50. The molecule has 8 heteroatoms. The number of allylic oxidation sites excluding steroid dienone is 4. The molecule has 0 unspecified atom stereocenters. The summed E-state index contributed by atoms with van der Waals surface area (Å²) < 4.78 is 20.2.